The number of carbonyl (C=O) groups is 3. The number of nitrogens with one attached hydrogen (secondary N) is 1. The molecule has 0 spiro atoms. The number of benzene rings is 1. The zero-order chi connectivity index (χ0) is 19.6. The van der Waals surface area contributed by atoms with Crippen molar-refractivity contribution in [1.82, 2.24) is 10.2 Å². The normalized spacial score (nSPS) is 29.2. The van der Waals surface area contributed by atoms with E-state index in [4.69, 9.17) is 0 Å². The molecule has 2 fully saturated rings. The van der Waals surface area contributed by atoms with Gasteiger partial charge in [-0.25, -0.2) is 4.79 Å². The number of hydrogen-bond donors (Lipinski definition) is 2. The fourth-order valence-corrected chi connectivity index (χ4v) is 5.49. The van der Waals surface area contributed by atoms with Gasteiger partial charge in [-0.15, -0.1) is 11.8 Å². The molecule has 2 amide bonds. The van der Waals surface area contributed by atoms with E-state index >= 15 is 0 Å². The van der Waals surface area contributed by atoms with Crippen molar-refractivity contribution in [3.63, 3.8) is 0 Å². The first-order chi connectivity index (χ1) is 11.9. The zero-order valence-electron chi connectivity index (χ0n) is 15.8. The van der Waals surface area contributed by atoms with Crippen molar-refractivity contribution in [2.24, 2.45) is 0 Å². The molecule has 0 radical (unpaired) electrons. The molecule has 2 heterocycles. The molecule has 26 heavy (non-hydrogen) atoms. The van der Waals surface area contributed by atoms with Crippen LogP contribution >= 0.6 is 11.8 Å². The van der Waals surface area contributed by atoms with Gasteiger partial charge in [0.15, 0.2) is 0 Å². The zero-order valence-corrected chi connectivity index (χ0v) is 16.7. The van der Waals surface area contributed by atoms with E-state index in [0.717, 1.165) is 16.7 Å². The summed E-state index contributed by atoms with van der Waals surface area (Å²) in [7, 11) is 0. The summed E-state index contributed by atoms with van der Waals surface area (Å²) < 4.78 is -0.620. The van der Waals surface area contributed by atoms with Crippen molar-refractivity contribution in [2.45, 2.75) is 63.2 Å². The first-order valence-electron chi connectivity index (χ1n) is 8.54. The lowest BCUT2D eigenvalue weighted by Crippen LogP contribution is -2.78. The molecular weight excluding hydrogens is 352 g/mol. The van der Waals surface area contributed by atoms with Gasteiger partial charge in [0, 0.05) is 10.3 Å². The number of nitrogens with zero attached hydrogens (tertiary/aromatic N) is 1. The maximum atomic E-state index is 12.8. The fourth-order valence-electron chi connectivity index (χ4n) is 3.85. The van der Waals surface area contributed by atoms with Crippen LogP contribution in [0.15, 0.2) is 12.1 Å². The Bertz CT molecular complexity index is 835. The summed E-state index contributed by atoms with van der Waals surface area (Å²) in [5.74, 6) is -1.67. The van der Waals surface area contributed by atoms with Crippen molar-refractivity contribution in [1.29, 1.82) is 0 Å². The van der Waals surface area contributed by atoms with E-state index in [2.05, 4.69) is 5.32 Å². The third kappa shape index (κ3) is 2.52. The predicted molar refractivity (Wildman–Crippen MR) is 100 cm³/mol. The number of aryl methyl sites for hydroxylation is 3. The van der Waals surface area contributed by atoms with Crippen LogP contribution in [-0.4, -0.2) is 49.5 Å². The monoisotopic (exact) mass is 376 g/mol. The van der Waals surface area contributed by atoms with Gasteiger partial charge >= 0.3 is 5.97 Å². The summed E-state index contributed by atoms with van der Waals surface area (Å²) in [5.41, 5.74) is 2.40. The number of β-lactam (4-membered cyclic amide) rings is 1. The first-order valence-corrected chi connectivity index (χ1v) is 9.42. The topological polar surface area (TPSA) is 86.7 Å². The number of amides is 2. The summed E-state index contributed by atoms with van der Waals surface area (Å²) >= 11 is 1.42. The number of hydrogen-bond acceptors (Lipinski definition) is 4. The molecule has 2 aliphatic heterocycles. The van der Waals surface area contributed by atoms with Crippen molar-refractivity contribution in [2.75, 3.05) is 0 Å². The summed E-state index contributed by atoms with van der Waals surface area (Å²) in [4.78, 5) is 38.6. The third-order valence-electron chi connectivity index (χ3n) is 5.47. The highest BCUT2D eigenvalue weighted by Gasteiger charge is 2.70. The highest BCUT2D eigenvalue weighted by atomic mass is 32.2. The van der Waals surface area contributed by atoms with Gasteiger partial charge in [-0.2, -0.15) is 0 Å². The van der Waals surface area contributed by atoms with Gasteiger partial charge in [0.1, 0.15) is 17.0 Å². The SMILES string of the molecule is Cc1cc(C)c(C(=O)NC2(C)C(=O)N3[C@@H](C(=O)O)C(C)(C)S[C@@H]32)cc1C. The molecule has 0 aliphatic carbocycles. The van der Waals surface area contributed by atoms with Crippen molar-refractivity contribution >= 4 is 29.5 Å². The van der Waals surface area contributed by atoms with Crippen LogP contribution in [0.4, 0.5) is 0 Å². The highest BCUT2D eigenvalue weighted by Crippen LogP contribution is 2.54. The lowest BCUT2D eigenvalue weighted by Gasteiger charge is -2.51. The minimum atomic E-state index is -1.10. The lowest BCUT2D eigenvalue weighted by molar-refractivity contribution is -0.165. The average Bonchev–Trinajstić information content (AvgIpc) is 2.80. The second-order valence-corrected chi connectivity index (χ2v) is 9.67. The Morgan fingerprint density at radius 1 is 1.12 bits per heavy atom. The average molecular weight is 376 g/mol. The van der Waals surface area contributed by atoms with Crippen molar-refractivity contribution in [3.05, 3.63) is 34.4 Å². The molecule has 2 N–H and O–H groups in total. The van der Waals surface area contributed by atoms with Crippen LogP contribution in [0.2, 0.25) is 0 Å². The van der Waals surface area contributed by atoms with Gasteiger partial charge in [-0.1, -0.05) is 6.07 Å². The van der Waals surface area contributed by atoms with Crippen LogP contribution in [0.5, 0.6) is 0 Å². The predicted octanol–water partition coefficient (Wildman–Crippen LogP) is 2.25. The molecule has 2 aliphatic rings. The molecule has 1 aromatic rings. The maximum absolute atomic E-state index is 12.8. The van der Waals surface area contributed by atoms with E-state index < -0.39 is 22.3 Å². The largest absolute Gasteiger partial charge is 0.480 e. The molecule has 2 saturated heterocycles. The van der Waals surface area contributed by atoms with Crippen LogP contribution in [-0.2, 0) is 9.59 Å². The first kappa shape index (κ1) is 18.8. The Morgan fingerprint density at radius 2 is 1.69 bits per heavy atom. The molecule has 3 rings (SSSR count). The van der Waals surface area contributed by atoms with Crippen LogP contribution < -0.4 is 5.32 Å². The number of rotatable bonds is 3. The Hall–Kier alpha value is -2.02. The summed E-state index contributed by atoms with van der Waals surface area (Å²) in [6, 6.07) is 2.89. The van der Waals surface area contributed by atoms with Gasteiger partial charge in [0.2, 0.25) is 0 Å². The van der Waals surface area contributed by atoms with Gasteiger partial charge < -0.3 is 15.3 Å². The van der Waals surface area contributed by atoms with Gasteiger partial charge in [0.05, 0.1) is 0 Å². The van der Waals surface area contributed by atoms with Gasteiger partial charge in [-0.05, 0) is 64.3 Å². The minimum absolute atomic E-state index is 0.307. The Labute approximate surface area is 157 Å². The molecule has 1 aromatic carbocycles. The summed E-state index contributed by atoms with van der Waals surface area (Å²) in [6.07, 6.45) is 0. The molecule has 0 bridgehead atoms. The van der Waals surface area contributed by atoms with Gasteiger partial charge in [0.25, 0.3) is 11.8 Å². The fraction of sp³-hybridized carbons (Fsp3) is 0.526. The molecule has 140 valence electrons. The standard InChI is InChI=1S/C19H24N2O4S/c1-9-7-11(3)12(8-10(9)2)14(22)20-19(6)16(25)21-13(15(23)24)18(4,5)26-17(19)21/h7-8,13,17H,1-6H3,(H,20,22)(H,23,24)/t13-,17+,19?/m0/s1. The molecule has 1 unspecified atom stereocenters. The number of carboxylic acids is 1. The van der Waals surface area contributed by atoms with E-state index in [1.807, 2.05) is 46.8 Å². The van der Waals surface area contributed by atoms with Crippen LogP contribution in [0.1, 0.15) is 47.8 Å². The summed E-state index contributed by atoms with van der Waals surface area (Å²) in [6.45, 7) is 11.1. The van der Waals surface area contributed by atoms with E-state index in [0.29, 0.717) is 5.56 Å². The number of fused-ring (bicyclic) bond motifs is 1. The van der Waals surface area contributed by atoms with E-state index in [9.17, 15) is 19.5 Å². The minimum Gasteiger partial charge on any atom is -0.480 e. The van der Waals surface area contributed by atoms with E-state index in [-0.39, 0.29) is 17.2 Å². The smallest absolute Gasteiger partial charge is 0.327 e. The van der Waals surface area contributed by atoms with E-state index in [1.54, 1.807) is 6.92 Å². The third-order valence-corrected chi connectivity index (χ3v) is 7.22. The second-order valence-electron chi connectivity index (χ2n) is 7.93. The van der Waals surface area contributed by atoms with E-state index in [1.165, 1.54) is 16.7 Å². The number of carboxylic acid groups (broad SMARTS) is 1. The number of thioether (sulfide) groups is 1. The second kappa shape index (κ2) is 5.74. The van der Waals surface area contributed by atoms with Crippen molar-refractivity contribution in [3.8, 4) is 0 Å². The molecule has 0 aromatic heterocycles. The quantitative estimate of drug-likeness (QED) is 0.790. The Balaban J connectivity index is 1.88. The van der Waals surface area contributed by atoms with Crippen LogP contribution in [0.3, 0.4) is 0 Å². The maximum Gasteiger partial charge on any atom is 0.327 e. The molecule has 3 atom stereocenters. The molecule has 7 heteroatoms. The van der Waals surface area contributed by atoms with Gasteiger partial charge in [-0.3, -0.25) is 9.59 Å². The molecular formula is C19H24N2O4S. The Kier molecular flexibility index (Phi) is 4.14. The molecule has 6 nitrogen and oxygen atoms in total. The molecule has 0 saturated carbocycles. The highest BCUT2D eigenvalue weighted by molar-refractivity contribution is 8.01. The van der Waals surface area contributed by atoms with Crippen molar-refractivity contribution < 1.29 is 19.5 Å². The van der Waals surface area contributed by atoms with Crippen LogP contribution in [0.25, 0.3) is 0 Å². The summed E-state index contributed by atoms with van der Waals surface area (Å²) in [5, 5.41) is 12.0. The van der Waals surface area contributed by atoms with Crippen LogP contribution in [0, 0.1) is 20.8 Å². The lowest BCUT2D eigenvalue weighted by atomic mass is 9.85. The number of aliphatic carboxylic acids is 1. The Morgan fingerprint density at radius 3 is 2.27 bits per heavy atom. The number of carbonyl (C=O) groups excluding carboxylic acids is 2.